The summed E-state index contributed by atoms with van der Waals surface area (Å²) in [5.74, 6) is 0. The lowest BCUT2D eigenvalue weighted by Gasteiger charge is -2.44. The minimum absolute atomic E-state index is 0.0447. The first kappa shape index (κ1) is 41.4. The molecule has 2 aliphatic carbocycles. The standard InChI is InChI=1S/C64H58BN3S/c1-61(2)28-29-62(3,4)51-35-43(26-27-50(51)61)67-55-36-44(66(41-20-11-9-12-21-41)42-22-13-10-14-23-42)34-48-46-25-17-24-45-47-32-39-18-15-16-19-40(39)33-54(47)68(58(45)46)65(57(48)55)60-59(67)49-37-52-53(38-56(49)69-60)64(7,8)31-30-63(52,5)6/h9-27,32-38H,28-31H2,1-8H3. The molecule has 0 atom stereocenters. The molecule has 0 fully saturated rings. The number of hydrogen-bond acceptors (Lipinski definition) is 3. The highest BCUT2D eigenvalue weighted by atomic mass is 32.1. The Morgan fingerprint density at radius 2 is 1.07 bits per heavy atom. The Hall–Kier alpha value is -6.56. The van der Waals surface area contributed by atoms with E-state index in [1.807, 2.05) is 11.3 Å². The molecule has 0 saturated carbocycles. The normalized spacial score (nSPS) is 17.7. The van der Waals surface area contributed by atoms with Crippen molar-refractivity contribution in [1.29, 1.82) is 0 Å². The van der Waals surface area contributed by atoms with Crippen LogP contribution in [0.3, 0.4) is 0 Å². The minimum atomic E-state index is -0.0447. The summed E-state index contributed by atoms with van der Waals surface area (Å²) in [4.78, 5) is 5.21. The van der Waals surface area contributed by atoms with Crippen LogP contribution in [0.2, 0.25) is 0 Å². The van der Waals surface area contributed by atoms with Crippen molar-refractivity contribution in [1.82, 2.24) is 4.48 Å². The van der Waals surface area contributed by atoms with Crippen LogP contribution in [-0.4, -0.2) is 11.3 Å². The van der Waals surface area contributed by atoms with E-state index < -0.39 is 0 Å². The highest BCUT2D eigenvalue weighted by Gasteiger charge is 2.47. The van der Waals surface area contributed by atoms with Crippen molar-refractivity contribution in [3.8, 4) is 11.1 Å². The quantitative estimate of drug-likeness (QED) is 0.163. The van der Waals surface area contributed by atoms with Gasteiger partial charge in [-0.3, -0.25) is 0 Å². The summed E-state index contributed by atoms with van der Waals surface area (Å²) in [7, 11) is 0. The third-order valence-electron chi connectivity index (χ3n) is 17.4. The van der Waals surface area contributed by atoms with E-state index in [0.29, 0.717) is 0 Å². The van der Waals surface area contributed by atoms with Gasteiger partial charge in [0.2, 0.25) is 0 Å². The molecule has 8 aromatic carbocycles. The second-order valence-electron chi connectivity index (χ2n) is 23.4. The first-order valence-electron chi connectivity index (χ1n) is 25.3. The minimum Gasteiger partial charge on any atom is -0.375 e. The maximum Gasteiger partial charge on any atom is 0.343 e. The summed E-state index contributed by atoms with van der Waals surface area (Å²) in [6, 6.07) is 60.8. The van der Waals surface area contributed by atoms with E-state index in [2.05, 4.69) is 227 Å². The molecule has 4 aliphatic rings. The lowest BCUT2D eigenvalue weighted by Crippen LogP contribution is -2.55. The summed E-state index contributed by atoms with van der Waals surface area (Å²) >= 11 is 2.04. The lowest BCUT2D eigenvalue weighted by atomic mass is 9.48. The fourth-order valence-corrected chi connectivity index (χ4v) is 14.7. The van der Waals surface area contributed by atoms with Gasteiger partial charge < -0.3 is 14.3 Å². The Labute approximate surface area is 411 Å². The maximum atomic E-state index is 2.77. The van der Waals surface area contributed by atoms with Crippen LogP contribution in [0.25, 0.3) is 53.8 Å². The zero-order chi connectivity index (χ0) is 46.9. The Morgan fingerprint density at radius 1 is 0.478 bits per heavy atom. The number of thiophene rings is 1. The van der Waals surface area contributed by atoms with Gasteiger partial charge in [-0.2, -0.15) is 0 Å². The SMILES string of the molecule is CC1(C)CCC(C)(C)c2cc(N3c4cc(N(c5ccccc5)c5ccccc5)cc5c4B(c4sc6cc7c(cc6c43)C(C)(C)CCC7(C)C)n3c4cc6ccccc6cc4c4cccc-5c43)ccc21. The predicted molar refractivity (Wildman–Crippen MR) is 298 cm³/mol. The highest BCUT2D eigenvalue weighted by molar-refractivity contribution is 7.32. The van der Waals surface area contributed by atoms with Crippen molar-refractivity contribution in [3.05, 3.63) is 180 Å². The fourth-order valence-electron chi connectivity index (χ4n) is 13.4. The third-order valence-corrected chi connectivity index (χ3v) is 18.6. The summed E-state index contributed by atoms with van der Waals surface area (Å²) in [6.45, 7) is 19.7. The van der Waals surface area contributed by atoms with Gasteiger partial charge in [0.15, 0.2) is 0 Å². The van der Waals surface area contributed by atoms with E-state index >= 15 is 0 Å². The first-order chi connectivity index (χ1) is 33.2. The number of rotatable bonds is 4. The lowest BCUT2D eigenvalue weighted by molar-refractivity contribution is 0.332. The zero-order valence-corrected chi connectivity index (χ0v) is 42.0. The topological polar surface area (TPSA) is 11.4 Å². The summed E-state index contributed by atoms with van der Waals surface area (Å²) in [5.41, 5.74) is 20.2. The number of para-hydroxylation sites is 3. The Balaban J connectivity index is 1.16. The highest BCUT2D eigenvalue weighted by Crippen LogP contribution is 2.55. The van der Waals surface area contributed by atoms with Gasteiger partial charge in [0.05, 0.1) is 5.69 Å². The van der Waals surface area contributed by atoms with Crippen LogP contribution in [0, 0.1) is 0 Å². The number of fused-ring (bicyclic) bond motifs is 12. The molecule has 10 aromatic rings. The Morgan fingerprint density at radius 3 is 1.74 bits per heavy atom. The molecule has 0 amide bonds. The number of anilines is 6. The maximum absolute atomic E-state index is 2.77. The van der Waals surface area contributed by atoms with Crippen LogP contribution in [0.15, 0.2) is 158 Å². The molecule has 4 heterocycles. The molecule has 0 N–H and O–H groups in total. The number of hydrogen-bond donors (Lipinski definition) is 0. The molecule has 3 nitrogen and oxygen atoms in total. The molecule has 0 saturated heterocycles. The van der Waals surface area contributed by atoms with Gasteiger partial charge in [-0.15, -0.1) is 11.3 Å². The molecule has 2 aliphatic heterocycles. The van der Waals surface area contributed by atoms with E-state index in [-0.39, 0.29) is 28.5 Å². The fraction of sp³-hybridized carbons (Fsp3) is 0.250. The third kappa shape index (κ3) is 5.80. The van der Waals surface area contributed by atoms with E-state index in [9.17, 15) is 0 Å². The second kappa shape index (κ2) is 14.0. The predicted octanol–water partition coefficient (Wildman–Crippen LogP) is 16.7. The summed E-state index contributed by atoms with van der Waals surface area (Å²) in [6.07, 6.45) is 4.72. The summed E-state index contributed by atoms with van der Waals surface area (Å²) in [5, 5.41) is 6.56. The van der Waals surface area contributed by atoms with E-state index in [4.69, 9.17) is 0 Å². The van der Waals surface area contributed by atoms with Crippen molar-refractivity contribution in [2.75, 3.05) is 9.80 Å². The van der Waals surface area contributed by atoms with Crippen LogP contribution in [0.5, 0.6) is 0 Å². The molecule has 2 aromatic heterocycles. The molecular formula is C64H58BN3S. The molecule has 0 unspecified atom stereocenters. The van der Waals surface area contributed by atoms with Gasteiger partial charge >= 0.3 is 6.85 Å². The molecule has 338 valence electrons. The van der Waals surface area contributed by atoms with Gasteiger partial charge in [0.25, 0.3) is 0 Å². The molecule has 0 bridgehead atoms. The Kier molecular flexibility index (Phi) is 8.43. The number of aromatic nitrogens is 1. The molecule has 5 heteroatoms. The van der Waals surface area contributed by atoms with Crippen LogP contribution in [-0.2, 0) is 21.7 Å². The molecular weight excluding hydrogens is 854 g/mol. The van der Waals surface area contributed by atoms with Crippen molar-refractivity contribution in [2.24, 2.45) is 0 Å². The Bertz CT molecular complexity index is 3770. The average Bonchev–Trinajstić information content (AvgIpc) is 3.88. The second-order valence-corrected chi connectivity index (χ2v) is 24.5. The molecule has 0 radical (unpaired) electrons. The number of nitrogens with zero attached hydrogens (tertiary/aromatic N) is 3. The van der Waals surface area contributed by atoms with Gasteiger partial charge in [0.1, 0.15) is 0 Å². The van der Waals surface area contributed by atoms with Crippen LogP contribution >= 0.6 is 11.3 Å². The van der Waals surface area contributed by atoms with Crippen molar-refractivity contribution < 1.29 is 0 Å². The average molecular weight is 912 g/mol. The van der Waals surface area contributed by atoms with Gasteiger partial charge in [0, 0.05) is 70.7 Å². The molecule has 14 rings (SSSR count). The van der Waals surface area contributed by atoms with Crippen LogP contribution in [0.4, 0.5) is 34.1 Å². The van der Waals surface area contributed by atoms with Crippen LogP contribution < -0.4 is 20.0 Å². The smallest absolute Gasteiger partial charge is 0.343 e. The van der Waals surface area contributed by atoms with Gasteiger partial charge in [-0.1, -0.05) is 140 Å². The first-order valence-corrected chi connectivity index (χ1v) is 26.1. The molecule has 0 spiro atoms. The number of benzene rings is 8. The monoisotopic (exact) mass is 911 g/mol. The zero-order valence-electron chi connectivity index (χ0n) is 41.2. The van der Waals surface area contributed by atoms with E-state index in [0.717, 1.165) is 17.1 Å². The van der Waals surface area contributed by atoms with Crippen molar-refractivity contribution in [2.45, 2.75) is 103 Å². The van der Waals surface area contributed by atoms with E-state index in [1.165, 1.54) is 129 Å². The molecule has 69 heavy (non-hydrogen) atoms. The van der Waals surface area contributed by atoms with Gasteiger partial charge in [-0.25, -0.2) is 0 Å². The van der Waals surface area contributed by atoms with Crippen molar-refractivity contribution in [3.63, 3.8) is 0 Å². The van der Waals surface area contributed by atoms with Crippen LogP contribution in [0.1, 0.15) is 103 Å². The van der Waals surface area contributed by atoms with E-state index in [1.54, 1.807) is 0 Å². The van der Waals surface area contributed by atoms with Gasteiger partial charge in [-0.05, 0) is 164 Å². The van der Waals surface area contributed by atoms with Crippen molar-refractivity contribution >= 4 is 105 Å². The largest absolute Gasteiger partial charge is 0.375 e. The summed E-state index contributed by atoms with van der Waals surface area (Å²) < 4.78 is 5.57.